The smallest absolute Gasteiger partial charge is 0.304 e. The number of hydrogen-bond acceptors (Lipinski definition) is 3. The minimum atomic E-state index is -0.856. The molecule has 0 aliphatic rings. The molecule has 2 atom stereocenters. The Kier molecular flexibility index (Phi) is 6.91. The molecule has 0 radical (unpaired) electrons. The van der Waals surface area contributed by atoms with Gasteiger partial charge in [-0.15, -0.1) is 5.92 Å². The van der Waals surface area contributed by atoms with Gasteiger partial charge in [0.2, 0.25) is 0 Å². The van der Waals surface area contributed by atoms with Gasteiger partial charge in [0.25, 0.3) is 0 Å². The van der Waals surface area contributed by atoms with Crippen LogP contribution in [0, 0.1) is 11.8 Å². The van der Waals surface area contributed by atoms with Gasteiger partial charge in [-0.25, -0.2) is 0 Å². The van der Waals surface area contributed by atoms with E-state index in [9.17, 15) is 4.79 Å². The number of aliphatic carboxylic acids is 1. The van der Waals surface area contributed by atoms with Gasteiger partial charge in [0.1, 0.15) is 11.9 Å². The molecule has 0 amide bonds. The SMILES string of the molecule is CC#CC(CC(=O)O)c1ccc(OC(CCCC)c2cccc3[nH]ncc23)cc1. The fourth-order valence-electron chi connectivity index (χ4n) is 3.48. The number of ether oxygens (including phenoxy) is 1. The van der Waals surface area contributed by atoms with Crippen molar-refractivity contribution in [1.29, 1.82) is 0 Å². The number of unbranched alkanes of at least 4 members (excludes halogenated alkanes) is 1. The molecule has 29 heavy (non-hydrogen) atoms. The lowest BCUT2D eigenvalue weighted by atomic mass is 9.96. The van der Waals surface area contributed by atoms with Gasteiger partial charge in [0.05, 0.1) is 24.1 Å². The molecule has 0 aliphatic heterocycles. The van der Waals surface area contributed by atoms with Crippen LogP contribution in [0.3, 0.4) is 0 Å². The Morgan fingerprint density at radius 3 is 2.72 bits per heavy atom. The Hall–Kier alpha value is -3.26. The number of carboxylic acids is 1. The largest absolute Gasteiger partial charge is 0.486 e. The summed E-state index contributed by atoms with van der Waals surface area (Å²) in [4.78, 5) is 11.1. The zero-order valence-corrected chi connectivity index (χ0v) is 16.8. The second kappa shape index (κ2) is 9.79. The number of benzene rings is 2. The normalized spacial score (nSPS) is 12.8. The summed E-state index contributed by atoms with van der Waals surface area (Å²) in [6.07, 6.45) is 4.81. The van der Waals surface area contributed by atoms with E-state index in [-0.39, 0.29) is 18.4 Å². The van der Waals surface area contributed by atoms with Crippen molar-refractivity contribution in [2.24, 2.45) is 0 Å². The highest BCUT2D eigenvalue weighted by Crippen LogP contribution is 2.32. The molecule has 3 aromatic rings. The Bertz CT molecular complexity index is 1010. The zero-order valence-electron chi connectivity index (χ0n) is 16.8. The lowest BCUT2D eigenvalue weighted by Crippen LogP contribution is -2.09. The van der Waals surface area contributed by atoms with Gasteiger partial charge in [0.15, 0.2) is 0 Å². The van der Waals surface area contributed by atoms with Crippen LogP contribution < -0.4 is 4.74 Å². The predicted molar refractivity (Wildman–Crippen MR) is 114 cm³/mol. The maximum absolute atomic E-state index is 11.1. The van der Waals surface area contributed by atoms with Gasteiger partial charge in [-0.1, -0.05) is 43.5 Å². The number of hydrogen-bond donors (Lipinski definition) is 2. The second-order valence-corrected chi connectivity index (χ2v) is 7.04. The number of fused-ring (bicyclic) bond motifs is 1. The summed E-state index contributed by atoms with van der Waals surface area (Å²) in [7, 11) is 0. The quantitative estimate of drug-likeness (QED) is 0.476. The van der Waals surface area contributed by atoms with Crippen LogP contribution >= 0.6 is 0 Å². The molecule has 3 rings (SSSR count). The number of rotatable bonds is 9. The monoisotopic (exact) mass is 390 g/mol. The summed E-state index contributed by atoms with van der Waals surface area (Å²) in [5.74, 6) is 5.39. The van der Waals surface area contributed by atoms with Crippen LogP contribution in [-0.4, -0.2) is 21.3 Å². The molecule has 2 N–H and O–H groups in total. The Morgan fingerprint density at radius 2 is 2.03 bits per heavy atom. The van der Waals surface area contributed by atoms with Crippen molar-refractivity contribution in [2.45, 2.75) is 51.6 Å². The van der Waals surface area contributed by atoms with Crippen molar-refractivity contribution in [3.05, 3.63) is 59.8 Å². The van der Waals surface area contributed by atoms with Crippen LogP contribution in [0.2, 0.25) is 0 Å². The number of H-pyrrole nitrogens is 1. The molecule has 0 saturated heterocycles. The molecule has 1 heterocycles. The first-order valence-corrected chi connectivity index (χ1v) is 9.95. The van der Waals surface area contributed by atoms with Crippen molar-refractivity contribution in [3.8, 4) is 17.6 Å². The molecule has 0 fully saturated rings. The van der Waals surface area contributed by atoms with E-state index in [4.69, 9.17) is 9.84 Å². The number of carbonyl (C=O) groups is 1. The molecule has 150 valence electrons. The van der Waals surface area contributed by atoms with Crippen molar-refractivity contribution in [3.63, 3.8) is 0 Å². The van der Waals surface area contributed by atoms with Crippen LogP contribution in [0.1, 0.15) is 62.7 Å². The molecular weight excluding hydrogens is 364 g/mol. The van der Waals surface area contributed by atoms with E-state index >= 15 is 0 Å². The van der Waals surface area contributed by atoms with E-state index in [2.05, 4.69) is 35.0 Å². The first-order valence-electron chi connectivity index (χ1n) is 9.95. The summed E-state index contributed by atoms with van der Waals surface area (Å²) in [5, 5.41) is 17.4. The van der Waals surface area contributed by atoms with E-state index in [0.29, 0.717) is 0 Å². The number of aromatic amines is 1. The Labute approximate surface area is 171 Å². The number of nitrogens with one attached hydrogen (secondary N) is 1. The molecule has 2 aromatic carbocycles. The van der Waals surface area contributed by atoms with Gasteiger partial charge in [-0.2, -0.15) is 5.10 Å². The van der Waals surface area contributed by atoms with E-state index in [1.165, 1.54) is 0 Å². The molecule has 5 nitrogen and oxygen atoms in total. The minimum Gasteiger partial charge on any atom is -0.486 e. The molecular formula is C24H26N2O3. The fraction of sp³-hybridized carbons (Fsp3) is 0.333. The average Bonchev–Trinajstić information content (AvgIpc) is 3.20. The highest BCUT2D eigenvalue weighted by atomic mass is 16.5. The van der Waals surface area contributed by atoms with Crippen molar-refractivity contribution in [2.75, 3.05) is 0 Å². The van der Waals surface area contributed by atoms with Crippen molar-refractivity contribution < 1.29 is 14.6 Å². The molecule has 2 unspecified atom stereocenters. The molecule has 0 saturated carbocycles. The standard InChI is InChI=1S/C24H26N2O3/c1-3-5-10-23(20-8-6-9-22-21(20)16-25-26-22)29-19-13-11-17(12-14-19)18(7-4-2)15-24(27)28/h6,8-9,11-14,16,18,23H,3,5,10,15H2,1-2H3,(H,25,26)(H,27,28). The first-order chi connectivity index (χ1) is 14.1. The second-order valence-electron chi connectivity index (χ2n) is 7.04. The third-order valence-corrected chi connectivity index (χ3v) is 4.94. The predicted octanol–water partition coefficient (Wildman–Crippen LogP) is 5.45. The van der Waals surface area contributed by atoms with Crippen LogP contribution in [0.5, 0.6) is 5.75 Å². The Morgan fingerprint density at radius 1 is 1.24 bits per heavy atom. The van der Waals surface area contributed by atoms with Gasteiger partial charge in [-0.05, 0) is 43.5 Å². The van der Waals surface area contributed by atoms with E-state index < -0.39 is 5.97 Å². The molecule has 5 heteroatoms. The van der Waals surface area contributed by atoms with Gasteiger partial charge < -0.3 is 9.84 Å². The number of carboxylic acid groups (broad SMARTS) is 1. The van der Waals surface area contributed by atoms with Crippen LogP contribution in [0.25, 0.3) is 10.9 Å². The fourth-order valence-corrected chi connectivity index (χ4v) is 3.48. The third-order valence-electron chi connectivity index (χ3n) is 4.94. The lowest BCUT2D eigenvalue weighted by Gasteiger charge is -2.21. The minimum absolute atomic E-state index is 0.0113. The topological polar surface area (TPSA) is 75.2 Å². The van der Waals surface area contributed by atoms with E-state index in [1.54, 1.807) is 6.92 Å². The molecule has 0 bridgehead atoms. The summed E-state index contributed by atoms with van der Waals surface area (Å²) >= 11 is 0. The van der Waals surface area contributed by atoms with E-state index in [1.807, 2.05) is 42.6 Å². The number of nitrogens with zero attached hydrogens (tertiary/aromatic N) is 1. The molecule has 0 spiro atoms. The summed E-state index contributed by atoms with van der Waals surface area (Å²) < 4.78 is 6.36. The van der Waals surface area contributed by atoms with Crippen molar-refractivity contribution >= 4 is 16.9 Å². The third kappa shape index (κ3) is 5.17. The average molecular weight is 390 g/mol. The first kappa shape index (κ1) is 20.5. The number of aromatic nitrogens is 2. The van der Waals surface area contributed by atoms with E-state index in [0.717, 1.165) is 47.0 Å². The van der Waals surface area contributed by atoms with Gasteiger partial charge >= 0.3 is 5.97 Å². The Balaban J connectivity index is 1.83. The van der Waals surface area contributed by atoms with Crippen molar-refractivity contribution in [1.82, 2.24) is 10.2 Å². The van der Waals surface area contributed by atoms with Crippen LogP contribution in [0.15, 0.2) is 48.7 Å². The lowest BCUT2D eigenvalue weighted by molar-refractivity contribution is -0.137. The summed E-state index contributed by atoms with van der Waals surface area (Å²) in [5.41, 5.74) is 3.00. The highest BCUT2D eigenvalue weighted by molar-refractivity contribution is 5.82. The summed E-state index contributed by atoms with van der Waals surface area (Å²) in [6, 6.07) is 13.7. The van der Waals surface area contributed by atoms with Gasteiger partial charge in [0, 0.05) is 10.9 Å². The zero-order chi connectivity index (χ0) is 20.6. The van der Waals surface area contributed by atoms with Gasteiger partial charge in [-0.3, -0.25) is 9.89 Å². The molecule has 0 aliphatic carbocycles. The highest BCUT2D eigenvalue weighted by Gasteiger charge is 2.18. The van der Waals surface area contributed by atoms with Crippen LogP contribution in [0.4, 0.5) is 0 Å². The maximum atomic E-state index is 11.1. The maximum Gasteiger partial charge on any atom is 0.304 e. The van der Waals surface area contributed by atoms with Crippen LogP contribution in [-0.2, 0) is 4.79 Å². The summed E-state index contributed by atoms with van der Waals surface area (Å²) in [6.45, 7) is 3.89. The molecule has 1 aromatic heterocycles.